The molecule has 0 saturated heterocycles. The molecule has 7 heteroatoms. The highest BCUT2D eigenvalue weighted by molar-refractivity contribution is 6.04. The van der Waals surface area contributed by atoms with E-state index in [0.29, 0.717) is 11.5 Å². The predicted molar refractivity (Wildman–Crippen MR) is 134 cm³/mol. The monoisotopic (exact) mass is 475 g/mol. The normalized spacial score (nSPS) is 11.4. The number of nitrogens with zero attached hydrogens (tertiary/aromatic N) is 1. The Morgan fingerprint density at radius 2 is 1.74 bits per heavy atom. The molecule has 0 aliphatic rings. The van der Waals surface area contributed by atoms with Gasteiger partial charge in [-0.1, -0.05) is 36.4 Å². The van der Waals surface area contributed by atoms with Gasteiger partial charge in [-0.3, -0.25) is 4.79 Å². The minimum absolute atomic E-state index is 0.174. The first-order valence-electron chi connectivity index (χ1n) is 11.2. The van der Waals surface area contributed by atoms with Crippen molar-refractivity contribution in [1.82, 2.24) is 9.97 Å². The lowest BCUT2D eigenvalue weighted by atomic mass is 9.92. The number of benzene rings is 3. The quantitative estimate of drug-likeness (QED) is 0.314. The summed E-state index contributed by atoms with van der Waals surface area (Å²) in [5.41, 5.74) is 5.78. The van der Waals surface area contributed by atoms with Crippen LogP contribution >= 0.6 is 0 Å². The van der Waals surface area contributed by atoms with Crippen LogP contribution in [-0.2, 0) is 5.92 Å². The smallest absolute Gasteiger partial charge is 0.276 e. The third kappa shape index (κ3) is 4.80. The van der Waals surface area contributed by atoms with Gasteiger partial charge in [0.1, 0.15) is 17.3 Å². The molecule has 180 valence electrons. The van der Waals surface area contributed by atoms with Crippen molar-refractivity contribution in [2.75, 3.05) is 12.4 Å². The number of carbonyl (C=O) groups is 1. The fourth-order valence-corrected chi connectivity index (χ4v) is 4.17. The molecule has 0 spiro atoms. The number of anilines is 1. The van der Waals surface area contributed by atoms with E-state index in [1.807, 2.05) is 50.2 Å². The Kier molecular flexibility index (Phi) is 6.43. The first kappa shape index (κ1) is 24.1. The van der Waals surface area contributed by atoms with Crippen molar-refractivity contribution in [3.8, 4) is 28.3 Å². The number of carbonyl (C=O) groups excluding carboxylic acids is 1. The summed E-state index contributed by atoms with van der Waals surface area (Å²) in [6.07, 6.45) is 0. The molecule has 0 fully saturated rings. The highest BCUT2D eigenvalue weighted by atomic mass is 19.3. The zero-order valence-electron chi connectivity index (χ0n) is 20.3. The minimum atomic E-state index is -3.00. The van der Waals surface area contributed by atoms with Gasteiger partial charge in [-0.25, -0.2) is 13.8 Å². The number of aromatic nitrogens is 2. The van der Waals surface area contributed by atoms with E-state index in [1.165, 1.54) is 18.2 Å². The summed E-state index contributed by atoms with van der Waals surface area (Å²) in [6, 6.07) is 17.5. The Bertz CT molecular complexity index is 1400. The largest absolute Gasteiger partial charge is 0.496 e. The Morgan fingerprint density at radius 3 is 2.43 bits per heavy atom. The number of aromatic amines is 1. The van der Waals surface area contributed by atoms with Crippen molar-refractivity contribution >= 4 is 11.6 Å². The number of imidazole rings is 1. The number of ether oxygens (including phenoxy) is 1. The number of halogens is 2. The zero-order chi connectivity index (χ0) is 25.3. The van der Waals surface area contributed by atoms with E-state index in [0.717, 1.165) is 40.5 Å². The summed E-state index contributed by atoms with van der Waals surface area (Å²) in [7, 11) is 1.64. The standard InChI is InChI=1S/C28H27F2N3O2/c1-16-9-6-7-12-21(16)24-17(2)22(13-14-23(24)35-5)26-31-18(3)25(33-26)27(34)32-20-11-8-10-19(15-20)28(4,29)30/h6-15H,1-5H3,(H,31,33)(H,32,34). The molecule has 0 aliphatic heterocycles. The summed E-state index contributed by atoms with van der Waals surface area (Å²) >= 11 is 0. The number of amides is 1. The maximum absolute atomic E-state index is 13.7. The van der Waals surface area contributed by atoms with Crippen molar-refractivity contribution in [2.45, 2.75) is 33.6 Å². The molecule has 0 bridgehead atoms. The third-order valence-corrected chi connectivity index (χ3v) is 6.04. The molecule has 1 heterocycles. The van der Waals surface area contributed by atoms with E-state index in [1.54, 1.807) is 20.1 Å². The van der Waals surface area contributed by atoms with Gasteiger partial charge >= 0.3 is 0 Å². The van der Waals surface area contributed by atoms with Gasteiger partial charge in [0.25, 0.3) is 11.8 Å². The number of aryl methyl sites for hydroxylation is 2. The van der Waals surface area contributed by atoms with Gasteiger partial charge in [0.05, 0.1) is 7.11 Å². The second-order valence-corrected chi connectivity index (χ2v) is 8.61. The molecule has 0 saturated carbocycles. The lowest BCUT2D eigenvalue weighted by Crippen LogP contribution is -2.15. The summed E-state index contributed by atoms with van der Waals surface area (Å²) in [4.78, 5) is 20.7. The highest BCUT2D eigenvalue weighted by Gasteiger charge is 2.25. The lowest BCUT2D eigenvalue weighted by Gasteiger charge is -2.16. The molecule has 0 radical (unpaired) electrons. The molecule has 1 amide bonds. The van der Waals surface area contributed by atoms with Crippen LogP contribution in [0.3, 0.4) is 0 Å². The molecular formula is C28H27F2N3O2. The van der Waals surface area contributed by atoms with Crippen molar-refractivity contribution in [1.29, 1.82) is 0 Å². The lowest BCUT2D eigenvalue weighted by molar-refractivity contribution is 0.0175. The number of nitrogens with one attached hydrogen (secondary N) is 2. The molecule has 35 heavy (non-hydrogen) atoms. The Morgan fingerprint density at radius 1 is 1.00 bits per heavy atom. The molecule has 4 rings (SSSR count). The molecule has 3 aromatic carbocycles. The minimum Gasteiger partial charge on any atom is -0.496 e. The number of hydrogen-bond donors (Lipinski definition) is 2. The van der Waals surface area contributed by atoms with Crippen LogP contribution in [0, 0.1) is 20.8 Å². The van der Waals surface area contributed by atoms with Crippen LogP contribution in [0.25, 0.3) is 22.5 Å². The average molecular weight is 476 g/mol. The summed E-state index contributed by atoms with van der Waals surface area (Å²) in [5.74, 6) is -2.20. The van der Waals surface area contributed by atoms with E-state index in [4.69, 9.17) is 4.74 Å². The van der Waals surface area contributed by atoms with Crippen LogP contribution in [-0.4, -0.2) is 23.0 Å². The van der Waals surface area contributed by atoms with Crippen LogP contribution in [0.4, 0.5) is 14.5 Å². The molecule has 1 aromatic heterocycles. The van der Waals surface area contributed by atoms with E-state index in [2.05, 4.69) is 15.3 Å². The van der Waals surface area contributed by atoms with Crippen LogP contribution < -0.4 is 10.1 Å². The fourth-order valence-electron chi connectivity index (χ4n) is 4.17. The molecule has 0 unspecified atom stereocenters. The maximum Gasteiger partial charge on any atom is 0.276 e. The van der Waals surface area contributed by atoms with Crippen LogP contribution in [0.5, 0.6) is 5.75 Å². The molecule has 0 atom stereocenters. The van der Waals surface area contributed by atoms with Gasteiger partial charge in [-0.2, -0.15) is 0 Å². The van der Waals surface area contributed by atoms with Crippen molar-refractivity contribution in [3.05, 3.63) is 88.7 Å². The number of rotatable bonds is 6. The number of H-pyrrole nitrogens is 1. The summed E-state index contributed by atoms with van der Waals surface area (Å²) in [6.45, 7) is 6.61. The SMILES string of the molecule is COc1ccc(-c2nc(C(=O)Nc3cccc(C(C)(F)F)c3)c(C)[nH]2)c(C)c1-c1ccccc1C. The number of alkyl halides is 2. The Hall–Kier alpha value is -4.00. The third-order valence-electron chi connectivity index (χ3n) is 6.04. The van der Waals surface area contributed by atoms with Gasteiger partial charge in [0.15, 0.2) is 0 Å². The van der Waals surface area contributed by atoms with E-state index >= 15 is 0 Å². The van der Waals surface area contributed by atoms with Gasteiger partial charge in [-0.05, 0) is 61.7 Å². The van der Waals surface area contributed by atoms with Crippen LogP contribution in [0.15, 0.2) is 60.7 Å². The second kappa shape index (κ2) is 9.33. The molecular weight excluding hydrogens is 448 g/mol. The van der Waals surface area contributed by atoms with Crippen molar-refractivity contribution < 1.29 is 18.3 Å². The van der Waals surface area contributed by atoms with Gasteiger partial charge < -0.3 is 15.0 Å². The molecule has 5 nitrogen and oxygen atoms in total. The summed E-state index contributed by atoms with van der Waals surface area (Å²) in [5, 5.41) is 2.68. The average Bonchev–Trinajstić information content (AvgIpc) is 3.20. The molecule has 2 N–H and O–H groups in total. The highest BCUT2D eigenvalue weighted by Crippen LogP contribution is 2.39. The van der Waals surface area contributed by atoms with Crippen molar-refractivity contribution in [3.63, 3.8) is 0 Å². The summed E-state index contributed by atoms with van der Waals surface area (Å²) < 4.78 is 33.0. The first-order valence-corrected chi connectivity index (χ1v) is 11.2. The van der Waals surface area contributed by atoms with Crippen molar-refractivity contribution in [2.24, 2.45) is 0 Å². The van der Waals surface area contributed by atoms with Gasteiger partial charge in [-0.15, -0.1) is 0 Å². The molecule has 0 aliphatic carbocycles. The van der Waals surface area contributed by atoms with E-state index in [-0.39, 0.29) is 16.9 Å². The zero-order valence-corrected chi connectivity index (χ0v) is 20.3. The van der Waals surface area contributed by atoms with E-state index < -0.39 is 11.8 Å². The maximum atomic E-state index is 13.7. The Balaban J connectivity index is 1.70. The first-order chi connectivity index (χ1) is 16.6. The fraction of sp³-hybridized carbons (Fsp3) is 0.214. The topological polar surface area (TPSA) is 67.0 Å². The van der Waals surface area contributed by atoms with Crippen LogP contribution in [0.2, 0.25) is 0 Å². The molecule has 4 aromatic rings. The van der Waals surface area contributed by atoms with E-state index in [9.17, 15) is 13.6 Å². The van der Waals surface area contributed by atoms with Gasteiger partial charge in [0, 0.05) is 35.0 Å². The predicted octanol–water partition coefficient (Wildman–Crippen LogP) is 7.04. The number of hydrogen-bond acceptors (Lipinski definition) is 3. The Labute approximate surface area is 203 Å². The van der Waals surface area contributed by atoms with Crippen LogP contribution in [0.1, 0.15) is 39.8 Å². The number of methoxy groups -OCH3 is 1. The second-order valence-electron chi connectivity index (χ2n) is 8.61. The van der Waals surface area contributed by atoms with Gasteiger partial charge in [0.2, 0.25) is 0 Å².